The number of Topliss-reactive ketones (excluding diaryl/α,β-unsaturated/α-hetero) is 2. The molecule has 23 heavy (non-hydrogen) atoms. The molecule has 0 bridgehead atoms. The van der Waals surface area contributed by atoms with Crippen LogP contribution in [0.4, 0.5) is 5.69 Å². The van der Waals surface area contributed by atoms with Crippen LogP contribution in [0.15, 0.2) is 24.3 Å². The van der Waals surface area contributed by atoms with Crippen molar-refractivity contribution >= 4 is 28.2 Å². The monoisotopic (exact) mass is 311 g/mol. The van der Waals surface area contributed by atoms with E-state index in [1.807, 2.05) is 24.3 Å². The van der Waals surface area contributed by atoms with Gasteiger partial charge in [0.2, 0.25) is 0 Å². The fourth-order valence-corrected chi connectivity index (χ4v) is 3.11. The number of hydrogen-bond donors (Lipinski definition) is 1. The quantitative estimate of drug-likeness (QED) is 0.917. The van der Waals surface area contributed by atoms with E-state index in [1.54, 1.807) is 13.8 Å². The number of pyridine rings is 1. The Morgan fingerprint density at radius 1 is 1.22 bits per heavy atom. The molecule has 0 atom stereocenters. The number of nitrogens with zero attached hydrogens (tertiary/aromatic N) is 2. The minimum Gasteiger partial charge on any atom is -0.377 e. The van der Waals surface area contributed by atoms with E-state index in [2.05, 4.69) is 10.2 Å². The maximum absolute atomic E-state index is 11.4. The van der Waals surface area contributed by atoms with Crippen molar-refractivity contribution in [2.24, 2.45) is 0 Å². The van der Waals surface area contributed by atoms with Gasteiger partial charge in [0, 0.05) is 36.2 Å². The van der Waals surface area contributed by atoms with E-state index in [1.165, 1.54) is 0 Å². The molecule has 1 N–H and O–H groups in total. The number of carbonyl (C=O) groups is 2. The summed E-state index contributed by atoms with van der Waals surface area (Å²) in [6.07, 6.45) is 0.822. The number of hydrogen-bond acceptors (Lipinski definition) is 5. The van der Waals surface area contributed by atoms with Gasteiger partial charge in [-0.25, -0.2) is 0 Å². The van der Waals surface area contributed by atoms with Gasteiger partial charge in [0.15, 0.2) is 0 Å². The molecular weight excluding hydrogens is 290 g/mol. The third-order valence-corrected chi connectivity index (χ3v) is 4.09. The molecule has 5 heteroatoms. The lowest BCUT2D eigenvalue weighted by atomic mass is 9.99. The lowest BCUT2D eigenvalue weighted by Crippen LogP contribution is -2.35. The number of ketones is 2. The highest BCUT2D eigenvalue weighted by atomic mass is 16.1. The summed E-state index contributed by atoms with van der Waals surface area (Å²) in [5.74, 6) is 0.261. The normalized spacial score (nSPS) is 14.5. The van der Waals surface area contributed by atoms with Crippen molar-refractivity contribution in [3.8, 4) is 0 Å². The topological polar surface area (TPSA) is 62.3 Å². The molecule has 2 heterocycles. The van der Waals surface area contributed by atoms with Crippen LogP contribution in [0.1, 0.15) is 25.1 Å². The molecule has 0 spiro atoms. The van der Waals surface area contributed by atoms with Crippen molar-refractivity contribution in [1.29, 1.82) is 0 Å². The summed E-state index contributed by atoms with van der Waals surface area (Å²) in [6.45, 7) is 5.47. The molecule has 0 amide bonds. The van der Waals surface area contributed by atoms with E-state index in [-0.39, 0.29) is 11.6 Å². The molecule has 1 aliphatic rings. The van der Waals surface area contributed by atoms with Gasteiger partial charge < -0.3 is 5.32 Å². The molecule has 1 aromatic heterocycles. The minimum atomic E-state index is 0.0936. The number of fused-ring (bicyclic) bond motifs is 2. The largest absolute Gasteiger partial charge is 0.377 e. The number of carbonyl (C=O) groups excluding carboxylic acids is 2. The van der Waals surface area contributed by atoms with Crippen molar-refractivity contribution in [2.75, 3.05) is 25.0 Å². The van der Waals surface area contributed by atoms with E-state index in [0.717, 1.165) is 40.8 Å². The van der Waals surface area contributed by atoms with E-state index in [0.29, 0.717) is 19.6 Å². The Morgan fingerprint density at radius 2 is 2.00 bits per heavy atom. The highest BCUT2D eigenvalue weighted by Gasteiger charge is 2.23. The van der Waals surface area contributed by atoms with Gasteiger partial charge in [-0.1, -0.05) is 18.2 Å². The Kier molecular flexibility index (Phi) is 4.39. The van der Waals surface area contributed by atoms with Crippen LogP contribution in [0.2, 0.25) is 0 Å². The van der Waals surface area contributed by atoms with Gasteiger partial charge in [-0.2, -0.15) is 0 Å². The first-order valence-corrected chi connectivity index (χ1v) is 7.90. The summed E-state index contributed by atoms with van der Waals surface area (Å²) in [4.78, 5) is 29.7. The molecule has 5 nitrogen and oxygen atoms in total. The average Bonchev–Trinajstić information content (AvgIpc) is 2.51. The number of para-hydroxylation sites is 1. The summed E-state index contributed by atoms with van der Waals surface area (Å²) < 4.78 is 0. The third-order valence-electron chi connectivity index (χ3n) is 4.09. The van der Waals surface area contributed by atoms with Gasteiger partial charge in [-0.3, -0.25) is 19.5 Å². The van der Waals surface area contributed by atoms with Crippen LogP contribution < -0.4 is 5.32 Å². The SMILES string of the molecule is CC(=O)CNc1c2c(nc3ccccc13)CCN(CC(C)=O)C2. The maximum atomic E-state index is 11.4. The summed E-state index contributed by atoms with van der Waals surface area (Å²) in [7, 11) is 0. The van der Waals surface area contributed by atoms with Gasteiger partial charge in [0.1, 0.15) is 11.6 Å². The van der Waals surface area contributed by atoms with Crippen molar-refractivity contribution < 1.29 is 9.59 Å². The van der Waals surface area contributed by atoms with Gasteiger partial charge in [0.05, 0.1) is 24.3 Å². The summed E-state index contributed by atoms with van der Waals surface area (Å²) in [5.41, 5.74) is 4.10. The van der Waals surface area contributed by atoms with Gasteiger partial charge in [0.25, 0.3) is 0 Å². The van der Waals surface area contributed by atoms with Crippen molar-refractivity contribution in [1.82, 2.24) is 9.88 Å². The zero-order valence-electron chi connectivity index (χ0n) is 13.6. The third kappa shape index (κ3) is 3.40. The molecule has 120 valence electrons. The standard InChI is InChI=1S/C18H21N3O2/c1-12(22)9-19-18-14-5-3-4-6-16(14)20-17-7-8-21(10-13(2)23)11-15(17)18/h3-6H,7-11H2,1-2H3,(H,19,20). The van der Waals surface area contributed by atoms with Crippen LogP contribution in [-0.2, 0) is 22.6 Å². The predicted octanol–water partition coefficient (Wildman–Crippen LogP) is 2.18. The second-order valence-electron chi connectivity index (χ2n) is 6.15. The van der Waals surface area contributed by atoms with Gasteiger partial charge in [-0.15, -0.1) is 0 Å². The van der Waals surface area contributed by atoms with Crippen LogP contribution in [0, 0.1) is 0 Å². The first kappa shape index (κ1) is 15.6. The molecule has 1 aromatic carbocycles. The Balaban J connectivity index is 2.04. The number of anilines is 1. The zero-order chi connectivity index (χ0) is 16.4. The van der Waals surface area contributed by atoms with Crippen LogP contribution in [0.5, 0.6) is 0 Å². The first-order valence-electron chi connectivity index (χ1n) is 7.90. The Labute approximate surface area is 135 Å². The lowest BCUT2D eigenvalue weighted by molar-refractivity contribution is -0.118. The highest BCUT2D eigenvalue weighted by molar-refractivity contribution is 5.95. The summed E-state index contributed by atoms with van der Waals surface area (Å²) in [5, 5.41) is 4.31. The molecule has 0 aliphatic carbocycles. The minimum absolute atomic E-state index is 0.0936. The molecule has 1 aliphatic heterocycles. The van der Waals surface area contributed by atoms with E-state index >= 15 is 0 Å². The molecule has 0 unspecified atom stereocenters. The van der Waals surface area contributed by atoms with E-state index in [9.17, 15) is 9.59 Å². The number of rotatable bonds is 5. The zero-order valence-corrected chi connectivity index (χ0v) is 13.6. The van der Waals surface area contributed by atoms with Crippen molar-refractivity contribution in [2.45, 2.75) is 26.8 Å². The fourth-order valence-electron chi connectivity index (χ4n) is 3.11. The van der Waals surface area contributed by atoms with Crippen LogP contribution in [0.25, 0.3) is 10.9 Å². The van der Waals surface area contributed by atoms with Gasteiger partial charge >= 0.3 is 0 Å². The molecule has 0 saturated heterocycles. The van der Waals surface area contributed by atoms with Crippen molar-refractivity contribution in [3.05, 3.63) is 35.5 Å². The second kappa shape index (κ2) is 6.46. The molecule has 0 fully saturated rings. The fraction of sp³-hybridized carbons (Fsp3) is 0.389. The van der Waals surface area contributed by atoms with Crippen LogP contribution in [-0.4, -0.2) is 41.1 Å². The molecule has 3 rings (SSSR count). The van der Waals surface area contributed by atoms with Crippen molar-refractivity contribution in [3.63, 3.8) is 0 Å². The molecule has 0 radical (unpaired) electrons. The maximum Gasteiger partial charge on any atom is 0.148 e. The number of aromatic nitrogens is 1. The molecule has 0 saturated carbocycles. The van der Waals surface area contributed by atoms with Crippen LogP contribution >= 0.6 is 0 Å². The highest BCUT2D eigenvalue weighted by Crippen LogP contribution is 2.32. The lowest BCUT2D eigenvalue weighted by Gasteiger charge is -2.29. The Morgan fingerprint density at radius 3 is 2.74 bits per heavy atom. The number of benzene rings is 1. The molecule has 2 aromatic rings. The van der Waals surface area contributed by atoms with Crippen LogP contribution in [0.3, 0.4) is 0 Å². The second-order valence-corrected chi connectivity index (χ2v) is 6.15. The number of nitrogens with one attached hydrogen (secondary N) is 1. The smallest absolute Gasteiger partial charge is 0.148 e. The Hall–Kier alpha value is -2.27. The Bertz CT molecular complexity index is 770. The molecular formula is C18H21N3O2. The van der Waals surface area contributed by atoms with Gasteiger partial charge in [-0.05, 0) is 19.9 Å². The summed E-state index contributed by atoms with van der Waals surface area (Å²) in [6, 6.07) is 7.97. The van der Waals surface area contributed by atoms with E-state index < -0.39 is 0 Å². The summed E-state index contributed by atoms with van der Waals surface area (Å²) >= 11 is 0. The van der Waals surface area contributed by atoms with E-state index in [4.69, 9.17) is 4.98 Å². The predicted molar refractivity (Wildman–Crippen MR) is 90.6 cm³/mol. The average molecular weight is 311 g/mol. The first-order chi connectivity index (χ1) is 11.0.